The number of carbonyl (C=O) groups is 1. The molecule has 2 N–H and O–H groups in total. The average Bonchev–Trinajstić information content (AvgIpc) is 3.19. The minimum atomic E-state index is 0.0701. The van der Waals surface area contributed by atoms with Gasteiger partial charge in [-0.25, -0.2) is 0 Å². The van der Waals surface area contributed by atoms with Gasteiger partial charge in [0.05, 0.1) is 6.42 Å². The number of thiophene rings is 1. The lowest BCUT2D eigenvalue weighted by Gasteiger charge is -2.36. The van der Waals surface area contributed by atoms with E-state index in [1.54, 1.807) is 6.20 Å². The fraction of sp³-hybridized carbons (Fsp3) is 0.500. The van der Waals surface area contributed by atoms with Crippen LogP contribution in [0.2, 0.25) is 0 Å². The number of hydrogen-bond donors (Lipinski definition) is 2. The lowest BCUT2D eigenvalue weighted by molar-refractivity contribution is -0.120. The van der Waals surface area contributed by atoms with E-state index in [0.29, 0.717) is 6.42 Å². The molecule has 1 aliphatic carbocycles. The summed E-state index contributed by atoms with van der Waals surface area (Å²) >= 11 is 1.82. The number of nitrogens with zero attached hydrogens (tertiary/aromatic N) is 1. The molecule has 1 fully saturated rings. The van der Waals surface area contributed by atoms with Gasteiger partial charge in [0.25, 0.3) is 0 Å². The van der Waals surface area contributed by atoms with Gasteiger partial charge in [-0.05, 0) is 30.4 Å². The average molecular weight is 303 g/mol. The molecule has 0 spiro atoms. The number of H-pyrrole nitrogens is 1. The summed E-state index contributed by atoms with van der Waals surface area (Å²) < 4.78 is 0. The highest BCUT2D eigenvalue weighted by molar-refractivity contribution is 7.10. The van der Waals surface area contributed by atoms with Gasteiger partial charge in [-0.15, -0.1) is 11.3 Å². The molecule has 0 atom stereocenters. The highest BCUT2D eigenvalue weighted by atomic mass is 32.1. The fourth-order valence-electron chi connectivity index (χ4n) is 3.21. The van der Waals surface area contributed by atoms with E-state index in [9.17, 15) is 4.79 Å². The zero-order valence-corrected chi connectivity index (χ0v) is 12.9. The smallest absolute Gasteiger partial charge is 0.226 e. The van der Waals surface area contributed by atoms with Crippen LogP contribution in [0.5, 0.6) is 0 Å². The summed E-state index contributed by atoms with van der Waals surface area (Å²) in [4.78, 5) is 13.5. The van der Waals surface area contributed by atoms with Gasteiger partial charge in [0.1, 0.15) is 0 Å². The van der Waals surface area contributed by atoms with E-state index in [-0.39, 0.29) is 11.3 Å². The normalized spacial score (nSPS) is 17.5. The zero-order chi connectivity index (χ0) is 14.5. The first-order chi connectivity index (χ1) is 10.3. The predicted molar refractivity (Wildman–Crippen MR) is 84.4 cm³/mol. The van der Waals surface area contributed by atoms with E-state index in [1.807, 2.05) is 17.4 Å². The SMILES string of the molecule is O=C(Cc1ccn[nH]1)NCC1(c2cccs2)CCCCC1. The monoisotopic (exact) mass is 303 g/mol. The van der Waals surface area contributed by atoms with E-state index in [4.69, 9.17) is 0 Å². The van der Waals surface area contributed by atoms with E-state index >= 15 is 0 Å². The quantitative estimate of drug-likeness (QED) is 0.892. The third kappa shape index (κ3) is 3.35. The fourth-order valence-corrected chi connectivity index (χ4v) is 4.19. The van der Waals surface area contributed by atoms with Crippen LogP contribution in [0.4, 0.5) is 0 Å². The summed E-state index contributed by atoms with van der Waals surface area (Å²) in [5, 5.41) is 12.0. The molecule has 1 aliphatic rings. The maximum Gasteiger partial charge on any atom is 0.226 e. The van der Waals surface area contributed by atoms with Crippen LogP contribution < -0.4 is 5.32 Å². The molecule has 5 heteroatoms. The lowest BCUT2D eigenvalue weighted by atomic mass is 9.73. The standard InChI is InChI=1S/C16H21N3OS/c20-15(11-13-6-9-18-19-13)17-12-16(7-2-1-3-8-16)14-5-4-10-21-14/h4-6,9-10H,1-3,7-8,11-12H2,(H,17,20)(H,18,19). The largest absolute Gasteiger partial charge is 0.355 e. The number of hydrogen-bond acceptors (Lipinski definition) is 3. The van der Waals surface area contributed by atoms with Gasteiger partial charge in [0.15, 0.2) is 0 Å². The van der Waals surface area contributed by atoms with Crippen LogP contribution >= 0.6 is 11.3 Å². The number of carbonyl (C=O) groups excluding carboxylic acids is 1. The number of aromatic amines is 1. The van der Waals surface area contributed by atoms with Gasteiger partial charge < -0.3 is 5.32 Å². The van der Waals surface area contributed by atoms with Crippen LogP contribution in [0.3, 0.4) is 0 Å². The minimum Gasteiger partial charge on any atom is -0.355 e. The number of aromatic nitrogens is 2. The topological polar surface area (TPSA) is 57.8 Å². The van der Waals surface area contributed by atoms with Gasteiger partial charge in [-0.3, -0.25) is 9.89 Å². The first-order valence-electron chi connectivity index (χ1n) is 7.57. The van der Waals surface area contributed by atoms with E-state index in [1.165, 1.54) is 37.0 Å². The van der Waals surface area contributed by atoms with Crippen molar-refractivity contribution >= 4 is 17.2 Å². The molecular weight excluding hydrogens is 282 g/mol. The third-order valence-corrected chi connectivity index (χ3v) is 5.50. The van der Waals surface area contributed by atoms with E-state index < -0.39 is 0 Å². The van der Waals surface area contributed by atoms with Crippen molar-refractivity contribution in [1.82, 2.24) is 15.5 Å². The molecule has 0 bridgehead atoms. The van der Waals surface area contributed by atoms with E-state index in [0.717, 1.165) is 12.2 Å². The van der Waals surface area contributed by atoms with Crippen molar-refractivity contribution in [1.29, 1.82) is 0 Å². The molecule has 0 radical (unpaired) electrons. The Hall–Kier alpha value is -1.62. The third-order valence-electron chi connectivity index (χ3n) is 4.39. The summed E-state index contributed by atoms with van der Waals surface area (Å²) in [5.74, 6) is 0.0701. The van der Waals surface area contributed by atoms with Gasteiger partial charge in [0, 0.05) is 28.7 Å². The van der Waals surface area contributed by atoms with Crippen LogP contribution in [-0.2, 0) is 16.6 Å². The van der Waals surface area contributed by atoms with Crippen molar-refractivity contribution in [2.75, 3.05) is 6.54 Å². The maximum atomic E-state index is 12.1. The molecule has 112 valence electrons. The van der Waals surface area contributed by atoms with Crippen molar-refractivity contribution in [2.24, 2.45) is 0 Å². The number of rotatable bonds is 5. The Kier molecular flexibility index (Phi) is 4.39. The van der Waals surface area contributed by atoms with Gasteiger partial charge in [0.2, 0.25) is 5.91 Å². The molecule has 0 saturated heterocycles. The Balaban J connectivity index is 1.64. The van der Waals surface area contributed by atoms with E-state index in [2.05, 4.69) is 33.0 Å². The Morgan fingerprint density at radius 2 is 2.19 bits per heavy atom. The van der Waals surface area contributed by atoms with Gasteiger partial charge in [-0.2, -0.15) is 5.10 Å². The molecular formula is C16H21N3OS. The van der Waals surface area contributed by atoms with Crippen molar-refractivity contribution < 1.29 is 4.79 Å². The van der Waals surface area contributed by atoms with Gasteiger partial charge in [-0.1, -0.05) is 25.3 Å². The minimum absolute atomic E-state index is 0.0701. The Bertz CT molecular complexity index is 556. The second kappa shape index (κ2) is 6.43. The van der Waals surface area contributed by atoms with Crippen LogP contribution in [0.25, 0.3) is 0 Å². The second-order valence-corrected chi connectivity index (χ2v) is 6.80. The van der Waals surface area contributed by atoms with Crippen LogP contribution in [-0.4, -0.2) is 22.6 Å². The zero-order valence-electron chi connectivity index (χ0n) is 12.1. The highest BCUT2D eigenvalue weighted by Gasteiger charge is 2.35. The van der Waals surface area contributed by atoms with Crippen molar-refractivity contribution in [3.05, 3.63) is 40.3 Å². The molecule has 2 aromatic heterocycles. The molecule has 0 unspecified atom stereocenters. The lowest BCUT2D eigenvalue weighted by Crippen LogP contribution is -2.42. The van der Waals surface area contributed by atoms with Crippen molar-refractivity contribution in [3.8, 4) is 0 Å². The molecule has 3 rings (SSSR count). The molecule has 4 nitrogen and oxygen atoms in total. The van der Waals surface area contributed by atoms with Crippen molar-refractivity contribution in [3.63, 3.8) is 0 Å². The molecule has 1 saturated carbocycles. The Labute approximate surface area is 129 Å². The molecule has 21 heavy (non-hydrogen) atoms. The summed E-state index contributed by atoms with van der Waals surface area (Å²) in [5.41, 5.74) is 1.01. The molecule has 1 amide bonds. The second-order valence-electron chi connectivity index (χ2n) is 5.85. The molecule has 0 aliphatic heterocycles. The number of amides is 1. The van der Waals surface area contributed by atoms with Crippen molar-refractivity contribution in [2.45, 2.75) is 43.9 Å². The predicted octanol–water partition coefficient (Wildman–Crippen LogP) is 3.03. The number of nitrogens with one attached hydrogen (secondary N) is 2. The Morgan fingerprint density at radius 1 is 1.33 bits per heavy atom. The maximum absolute atomic E-state index is 12.1. The summed E-state index contributed by atoms with van der Waals surface area (Å²) in [6.45, 7) is 0.750. The molecule has 0 aromatic carbocycles. The molecule has 2 aromatic rings. The highest BCUT2D eigenvalue weighted by Crippen LogP contribution is 2.41. The van der Waals surface area contributed by atoms with Crippen LogP contribution in [0.1, 0.15) is 42.7 Å². The van der Waals surface area contributed by atoms with Crippen LogP contribution in [0.15, 0.2) is 29.8 Å². The summed E-state index contributed by atoms with van der Waals surface area (Å²) in [6.07, 6.45) is 8.24. The van der Waals surface area contributed by atoms with Gasteiger partial charge >= 0.3 is 0 Å². The molecule has 2 heterocycles. The Morgan fingerprint density at radius 3 is 2.86 bits per heavy atom. The first kappa shape index (κ1) is 14.3. The summed E-state index contributed by atoms with van der Waals surface area (Å²) in [6, 6.07) is 6.18. The summed E-state index contributed by atoms with van der Waals surface area (Å²) in [7, 11) is 0. The van der Waals surface area contributed by atoms with Crippen LogP contribution in [0, 0.1) is 0 Å². The first-order valence-corrected chi connectivity index (χ1v) is 8.45.